The summed E-state index contributed by atoms with van der Waals surface area (Å²) < 4.78 is 22.3. The minimum absolute atomic E-state index is 0.0291. The lowest BCUT2D eigenvalue weighted by molar-refractivity contribution is -0.00191. The minimum Gasteiger partial charge on any atom is -0.496 e. The van der Waals surface area contributed by atoms with Gasteiger partial charge in [-0.05, 0) is 19.4 Å². The standard InChI is InChI=1S/C16H25NO4/c1-5-17-11-6-7-21-15(8-11)16-13(19-3)9-12(18-2)10-14(16)20-4/h9-11,15,17H,5-8H2,1-4H3. The van der Waals surface area contributed by atoms with Crippen molar-refractivity contribution in [2.45, 2.75) is 31.9 Å². The Hall–Kier alpha value is -1.46. The molecule has 1 heterocycles. The quantitative estimate of drug-likeness (QED) is 0.874. The van der Waals surface area contributed by atoms with Crippen LogP contribution >= 0.6 is 0 Å². The Labute approximate surface area is 126 Å². The van der Waals surface area contributed by atoms with Crippen molar-refractivity contribution in [1.29, 1.82) is 0 Å². The molecule has 2 unspecified atom stereocenters. The topological polar surface area (TPSA) is 49.0 Å². The molecule has 21 heavy (non-hydrogen) atoms. The van der Waals surface area contributed by atoms with Gasteiger partial charge in [-0.2, -0.15) is 0 Å². The second-order valence-corrected chi connectivity index (χ2v) is 5.08. The molecule has 5 heteroatoms. The highest BCUT2D eigenvalue weighted by atomic mass is 16.5. The highest BCUT2D eigenvalue weighted by Gasteiger charge is 2.29. The maximum atomic E-state index is 5.96. The summed E-state index contributed by atoms with van der Waals surface area (Å²) >= 11 is 0. The van der Waals surface area contributed by atoms with E-state index in [9.17, 15) is 0 Å². The molecule has 0 bridgehead atoms. The third-order valence-electron chi connectivity index (χ3n) is 3.85. The van der Waals surface area contributed by atoms with E-state index in [0.717, 1.165) is 43.1 Å². The van der Waals surface area contributed by atoms with Crippen LogP contribution in [-0.2, 0) is 4.74 Å². The van der Waals surface area contributed by atoms with Gasteiger partial charge >= 0.3 is 0 Å². The molecule has 1 aromatic carbocycles. The van der Waals surface area contributed by atoms with E-state index in [-0.39, 0.29) is 6.10 Å². The van der Waals surface area contributed by atoms with Gasteiger partial charge in [0, 0.05) is 24.8 Å². The van der Waals surface area contributed by atoms with Crippen LogP contribution in [0.5, 0.6) is 17.2 Å². The Morgan fingerprint density at radius 1 is 1.14 bits per heavy atom. The molecule has 0 aromatic heterocycles. The van der Waals surface area contributed by atoms with Crippen LogP contribution < -0.4 is 19.5 Å². The van der Waals surface area contributed by atoms with Gasteiger partial charge in [-0.25, -0.2) is 0 Å². The fourth-order valence-corrected chi connectivity index (χ4v) is 2.82. The van der Waals surface area contributed by atoms with E-state index in [2.05, 4.69) is 12.2 Å². The number of rotatable bonds is 6. The fraction of sp³-hybridized carbons (Fsp3) is 0.625. The molecule has 0 saturated carbocycles. The highest BCUT2D eigenvalue weighted by Crippen LogP contribution is 2.42. The average Bonchev–Trinajstić information content (AvgIpc) is 2.54. The summed E-state index contributed by atoms with van der Waals surface area (Å²) in [6.07, 6.45) is 1.91. The van der Waals surface area contributed by atoms with Crippen LogP contribution in [0.3, 0.4) is 0 Å². The van der Waals surface area contributed by atoms with Crippen molar-refractivity contribution < 1.29 is 18.9 Å². The van der Waals surface area contributed by atoms with Crippen molar-refractivity contribution in [3.8, 4) is 17.2 Å². The first-order chi connectivity index (χ1) is 10.2. The third-order valence-corrected chi connectivity index (χ3v) is 3.85. The van der Waals surface area contributed by atoms with Gasteiger partial charge in [-0.1, -0.05) is 6.92 Å². The zero-order valence-corrected chi connectivity index (χ0v) is 13.3. The SMILES string of the molecule is CCNC1CCOC(c2c(OC)cc(OC)cc2OC)C1. The first kappa shape index (κ1) is 15.9. The molecule has 0 spiro atoms. The monoisotopic (exact) mass is 295 g/mol. The number of benzene rings is 1. The van der Waals surface area contributed by atoms with Crippen LogP contribution in [0.2, 0.25) is 0 Å². The summed E-state index contributed by atoms with van der Waals surface area (Å²) in [6.45, 7) is 3.83. The zero-order chi connectivity index (χ0) is 15.2. The van der Waals surface area contributed by atoms with Crippen molar-refractivity contribution in [1.82, 2.24) is 5.32 Å². The summed E-state index contributed by atoms with van der Waals surface area (Å²) in [6, 6.07) is 4.21. The van der Waals surface area contributed by atoms with Gasteiger partial charge in [0.15, 0.2) is 0 Å². The Morgan fingerprint density at radius 2 is 1.81 bits per heavy atom. The van der Waals surface area contributed by atoms with E-state index in [0.29, 0.717) is 11.8 Å². The molecular formula is C16H25NO4. The van der Waals surface area contributed by atoms with E-state index in [4.69, 9.17) is 18.9 Å². The van der Waals surface area contributed by atoms with Gasteiger partial charge in [-0.3, -0.25) is 0 Å². The first-order valence-electron chi connectivity index (χ1n) is 7.38. The Morgan fingerprint density at radius 3 is 2.33 bits per heavy atom. The van der Waals surface area contributed by atoms with Crippen LogP contribution in [-0.4, -0.2) is 40.5 Å². The molecule has 5 nitrogen and oxygen atoms in total. The van der Waals surface area contributed by atoms with Crippen LogP contribution in [0.4, 0.5) is 0 Å². The molecule has 0 amide bonds. The third kappa shape index (κ3) is 3.60. The van der Waals surface area contributed by atoms with E-state index in [1.165, 1.54) is 0 Å². The van der Waals surface area contributed by atoms with Crippen LogP contribution in [0.15, 0.2) is 12.1 Å². The average molecular weight is 295 g/mol. The molecule has 118 valence electrons. The summed E-state index contributed by atoms with van der Waals surface area (Å²) in [5.74, 6) is 2.20. The lowest BCUT2D eigenvalue weighted by Gasteiger charge is -2.32. The maximum Gasteiger partial charge on any atom is 0.132 e. The largest absolute Gasteiger partial charge is 0.496 e. The van der Waals surface area contributed by atoms with Gasteiger partial charge < -0.3 is 24.3 Å². The van der Waals surface area contributed by atoms with Crippen LogP contribution in [0, 0.1) is 0 Å². The molecule has 1 saturated heterocycles. The molecule has 1 aliphatic heterocycles. The molecule has 1 N–H and O–H groups in total. The molecule has 2 rings (SSSR count). The summed E-state index contributed by atoms with van der Waals surface area (Å²) in [5.41, 5.74) is 0.961. The smallest absolute Gasteiger partial charge is 0.132 e. The van der Waals surface area contributed by atoms with Crippen molar-refractivity contribution in [2.75, 3.05) is 34.5 Å². The molecule has 0 aliphatic carbocycles. The summed E-state index contributed by atoms with van der Waals surface area (Å²) in [7, 11) is 4.94. The summed E-state index contributed by atoms with van der Waals surface area (Å²) in [4.78, 5) is 0. The first-order valence-corrected chi connectivity index (χ1v) is 7.38. The Kier molecular flexibility index (Phi) is 5.70. The van der Waals surface area contributed by atoms with E-state index < -0.39 is 0 Å². The van der Waals surface area contributed by atoms with E-state index >= 15 is 0 Å². The van der Waals surface area contributed by atoms with Crippen LogP contribution in [0.25, 0.3) is 0 Å². The van der Waals surface area contributed by atoms with Gasteiger partial charge in [0.2, 0.25) is 0 Å². The zero-order valence-electron chi connectivity index (χ0n) is 13.3. The van der Waals surface area contributed by atoms with Crippen molar-refractivity contribution in [2.24, 2.45) is 0 Å². The van der Waals surface area contributed by atoms with Gasteiger partial charge in [0.25, 0.3) is 0 Å². The summed E-state index contributed by atoms with van der Waals surface area (Å²) in [5, 5.41) is 3.50. The molecule has 0 radical (unpaired) electrons. The second-order valence-electron chi connectivity index (χ2n) is 5.08. The number of ether oxygens (including phenoxy) is 4. The molecule has 2 atom stereocenters. The lowest BCUT2D eigenvalue weighted by Crippen LogP contribution is -2.36. The fourth-order valence-electron chi connectivity index (χ4n) is 2.82. The van der Waals surface area contributed by atoms with E-state index in [1.807, 2.05) is 12.1 Å². The Bertz CT molecular complexity index is 437. The molecule has 1 aliphatic rings. The normalized spacial score (nSPS) is 21.9. The van der Waals surface area contributed by atoms with Crippen molar-refractivity contribution in [3.63, 3.8) is 0 Å². The maximum absolute atomic E-state index is 5.96. The highest BCUT2D eigenvalue weighted by molar-refractivity contribution is 5.52. The second kappa shape index (κ2) is 7.52. The lowest BCUT2D eigenvalue weighted by atomic mass is 9.95. The van der Waals surface area contributed by atoms with Gasteiger partial charge in [0.05, 0.1) is 33.0 Å². The Balaban J connectivity index is 2.32. The van der Waals surface area contributed by atoms with Crippen molar-refractivity contribution >= 4 is 0 Å². The van der Waals surface area contributed by atoms with Crippen molar-refractivity contribution in [3.05, 3.63) is 17.7 Å². The predicted octanol–water partition coefficient (Wildman–Crippen LogP) is 2.54. The van der Waals surface area contributed by atoms with Gasteiger partial charge in [-0.15, -0.1) is 0 Å². The number of hydrogen-bond donors (Lipinski definition) is 1. The molecular weight excluding hydrogens is 270 g/mol. The molecule has 1 fully saturated rings. The number of nitrogens with one attached hydrogen (secondary N) is 1. The van der Waals surface area contributed by atoms with E-state index in [1.54, 1.807) is 21.3 Å². The van der Waals surface area contributed by atoms with Gasteiger partial charge in [0.1, 0.15) is 17.2 Å². The number of hydrogen-bond acceptors (Lipinski definition) is 5. The predicted molar refractivity (Wildman–Crippen MR) is 81.5 cm³/mol. The number of methoxy groups -OCH3 is 3. The molecule has 1 aromatic rings. The van der Waals surface area contributed by atoms with Crippen LogP contribution in [0.1, 0.15) is 31.4 Å². The minimum atomic E-state index is -0.0291.